The molecule has 21 heavy (non-hydrogen) atoms. The van der Waals surface area contributed by atoms with Crippen molar-refractivity contribution in [1.82, 2.24) is 0 Å². The molecule has 106 valence electrons. The van der Waals surface area contributed by atoms with Crippen molar-refractivity contribution in [3.8, 4) is 17.1 Å². The van der Waals surface area contributed by atoms with Crippen LogP contribution in [-0.2, 0) is 9.59 Å². The molecule has 1 aliphatic carbocycles. The third kappa shape index (κ3) is 3.20. The summed E-state index contributed by atoms with van der Waals surface area (Å²) in [6, 6.07) is 1.74. The summed E-state index contributed by atoms with van der Waals surface area (Å²) >= 11 is 0. The van der Waals surface area contributed by atoms with Crippen LogP contribution in [0.4, 0.5) is 0 Å². The topological polar surface area (TPSA) is 76.7 Å². The van der Waals surface area contributed by atoms with E-state index in [2.05, 4.69) is 6.58 Å². The van der Waals surface area contributed by atoms with Gasteiger partial charge in [0.25, 0.3) is 5.95 Å². The predicted molar refractivity (Wildman–Crippen MR) is 79.9 cm³/mol. The van der Waals surface area contributed by atoms with E-state index in [9.17, 15) is 9.59 Å². The Morgan fingerprint density at radius 3 is 2.48 bits per heavy atom. The average Bonchev–Trinajstić information content (AvgIpc) is 2.69. The molecule has 0 fully saturated rings. The average molecular weight is 298 g/mol. The number of aryl methyl sites for hydroxylation is 1. The van der Waals surface area contributed by atoms with Crippen LogP contribution in [0.3, 0.4) is 0 Å². The predicted octanol–water partition coefficient (Wildman–Crippen LogP) is 2.38. The van der Waals surface area contributed by atoms with E-state index in [0.29, 0.717) is 16.7 Å². The van der Waals surface area contributed by atoms with Gasteiger partial charge in [-0.2, -0.15) is 0 Å². The van der Waals surface area contributed by atoms with Gasteiger partial charge in [0.05, 0.1) is 5.57 Å². The summed E-state index contributed by atoms with van der Waals surface area (Å²) in [6.07, 6.45) is 1.45. The van der Waals surface area contributed by atoms with Crippen LogP contribution in [0.25, 0.3) is 16.7 Å². The molecule has 0 saturated heterocycles. The number of carbonyl (C=O) groups is 2. The second kappa shape index (κ2) is 6.47. The SMILES string of the molecule is C=C(C(=O)O)c1cc(C)c2coc(OC(C)=O)c(C)c1-2.[NaH]. The molecule has 0 bridgehead atoms. The van der Waals surface area contributed by atoms with Crippen molar-refractivity contribution in [3.63, 3.8) is 0 Å². The second-order valence-corrected chi connectivity index (χ2v) is 4.56. The number of fused-ring (bicyclic) bond motifs is 1. The van der Waals surface area contributed by atoms with Gasteiger partial charge in [0.1, 0.15) is 6.26 Å². The van der Waals surface area contributed by atoms with E-state index < -0.39 is 11.9 Å². The Morgan fingerprint density at radius 2 is 1.95 bits per heavy atom. The van der Waals surface area contributed by atoms with E-state index in [1.54, 1.807) is 13.0 Å². The zero-order valence-electron chi connectivity index (χ0n) is 11.4. The Kier molecular flexibility index (Phi) is 5.39. The molecule has 0 saturated carbocycles. The summed E-state index contributed by atoms with van der Waals surface area (Å²) < 4.78 is 10.3. The van der Waals surface area contributed by atoms with E-state index in [1.165, 1.54) is 13.2 Å². The molecule has 0 aromatic carbocycles. The van der Waals surface area contributed by atoms with E-state index in [1.807, 2.05) is 6.92 Å². The fourth-order valence-corrected chi connectivity index (χ4v) is 2.15. The first-order valence-electron chi connectivity index (χ1n) is 5.95. The first kappa shape index (κ1) is 17.5. The van der Waals surface area contributed by atoms with Crippen molar-refractivity contribution in [3.05, 3.63) is 35.6 Å². The van der Waals surface area contributed by atoms with Gasteiger partial charge >= 0.3 is 41.5 Å². The normalized spacial score (nSPS) is 10.0. The molecule has 0 spiro atoms. The number of hydrogen-bond donors (Lipinski definition) is 1. The molecule has 0 atom stereocenters. The maximum atomic E-state index is 11.1. The Bertz CT molecular complexity index is 699. The Labute approximate surface area is 144 Å². The van der Waals surface area contributed by atoms with Crippen LogP contribution >= 0.6 is 0 Å². The number of rotatable bonds is 3. The molecule has 5 nitrogen and oxygen atoms in total. The molecule has 2 rings (SSSR count). The van der Waals surface area contributed by atoms with Gasteiger partial charge in [0.15, 0.2) is 0 Å². The first-order chi connectivity index (χ1) is 9.32. The van der Waals surface area contributed by atoms with Gasteiger partial charge in [-0.05, 0) is 31.0 Å². The van der Waals surface area contributed by atoms with Crippen molar-refractivity contribution < 1.29 is 23.8 Å². The third-order valence-corrected chi connectivity index (χ3v) is 3.11. The fraction of sp³-hybridized carbons (Fsp3) is 0.200. The van der Waals surface area contributed by atoms with Crippen LogP contribution < -0.4 is 4.74 Å². The number of ether oxygens (including phenoxy) is 1. The molecule has 0 radical (unpaired) electrons. The summed E-state index contributed by atoms with van der Waals surface area (Å²) in [5.74, 6) is -1.53. The van der Waals surface area contributed by atoms with Gasteiger partial charge in [0, 0.05) is 23.6 Å². The summed E-state index contributed by atoms with van der Waals surface area (Å²) in [5.41, 5.74) is 3.40. The monoisotopic (exact) mass is 298 g/mol. The molecule has 1 heterocycles. The van der Waals surface area contributed by atoms with Gasteiger partial charge in [-0.15, -0.1) is 0 Å². The van der Waals surface area contributed by atoms with Crippen LogP contribution in [0.5, 0.6) is 5.95 Å². The van der Waals surface area contributed by atoms with E-state index in [-0.39, 0.29) is 41.1 Å². The molecular formula is C15H15NaO5. The van der Waals surface area contributed by atoms with Crippen LogP contribution in [-0.4, -0.2) is 46.6 Å². The minimum atomic E-state index is -1.09. The second-order valence-electron chi connectivity index (χ2n) is 4.56. The van der Waals surface area contributed by atoms with E-state index in [0.717, 1.165) is 11.1 Å². The van der Waals surface area contributed by atoms with Gasteiger partial charge in [-0.25, -0.2) is 4.79 Å². The molecule has 2 aliphatic rings. The summed E-state index contributed by atoms with van der Waals surface area (Å²) in [6.45, 7) is 8.41. The quantitative estimate of drug-likeness (QED) is 0.535. The van der Waals surface area contributed by atoms with Gasteiger partial charge in [0.2, 0.25) is 0 Å². The Balaban J connectivity index is 0.00000220. The van der Waals surface area contributed by atoms with Gasteiger partial charge in [-0.1, -0.05) is 6.58 Å². The van der Waals surface area contributed by atoms with Gasteiger partial charge < -0.3 is 14.3 Å². The fourth-order valence-electron chi connectivity index (χ4n) is 2.15. The molecule has 0 aromatic rings. The number of carboxylic acids is 1. The van der Waals surface area contributed by atoms with Crippen LogP contribution in [0.15, 0.2) is 23.3 Å². The zero-order valence-corrected chi connectivity index (χ0v) is 11.4. The summed E-state index contributed by atoms with van der Waals surface area (Å²) in [5, 5.41) is 9.10. The Morgan fingerprint density at radius 1 is 1.33 bits per heavy atom. The van der Waals surface area contributed by atoms with Crippen LogP contribution in [0.2, 0.25) is 0 Å². The molecule has 1 N–H and O–H groups in total. The molecule has 0 unspecified atom stereocenters. The van der Waals surface area contributed by atoms with E-state index in [4.69, 9.17) is 14.3 Å². The third-order valence-electron chi connectivity index (χ3n) is 3.11. The van der Waals surface area contributed by atoms with Crippen molar-refractivity contribution in [2.45, 2.75) is 20.8 Å². The number of carbonyl (C=O) groups excluding carboxylic acids is 1. The minimum absolute atomic E-state index is 0. The Hall–Kier alpha value is -1.56. The van der Waals surface area contributed by atoms with Crippen molar-refractivity contribution in [2.75, 3.05) is 0 Å². The number of esters is 1. The van der Waals surface area contributed by atoms with Crippen LogP contribution in [0, 0.1) is 13.8 Å². The molecular weight excluding hydrogens is 283 g/mol. The standard InChI is InChI=1S/C15H14O5.Na.H/c1-7-5-11(8(2)14(17)18)13-9(3)15(20-10(4)16)19-6-12(7)13;;/h5-6H,2H2,1,3-4H3,(H,17,18);;. The van der Waals surface area contributed by atoms with Crippen molar-refractivity contribution in [1.29, 1.82) is 0 Å². The molecule has 1 aliphatic heterocycles. The van der Waals surface area contributed by atoms with E-state index >= 15 is 0 Å². The first-order valence-corrected chi connectivity index (χ1v) is 5.95. The number of aliphatic carboxylic acids is 1. The molecule has 0 amide bonds. The van der Waals surface area contributed by atoms with Crippen LogP contribution in [0.1, 0.15) is 23.6 Å². The maximum absolute atomic E-state index is 11.1. The number of carboxylic acid groups (broad SMARTS) is 1. The molecule has 0 aromatic heterocycles. The molecule has 6 heteroatoms. The summed E-state index contributed by atoms with van der Waals surface area (Å²) in [7, 11) is 0. The van der Waals surface area contributed by atoms with Crippen molar-refractivity contribution in [2.24, 2.45) is 0 Å². The van der Waals surface area contributed by atoms with Crippen molar-refractivity contribution >= 4 is 47.1 Å². The van der Waals surface area contributed by atoms with Gasteiger partial charge in [-0.3, -0.25) is 4.79 Å². The summed E-state index contributed by atoms with van der Waals surface area (Å²) in [4.78, 5) is 22.2. The number of hydrogen-bond acceptors (Lipinski definition) is 4. The zero-order chi connectivity index (χ0) is 15.0.